The number of nitrogens with one attached hydrogen (secondary N) is 2. The molecular weight excluding hydrogens is 360 g/mol. The number of rotatable bonds is 4. The van der Waals surface area contributed by atoms with Crippen molar-refractivity contribution in [1.29, 1.82) is 0 Å². The zero-order chi connectivity index (χ0) is 18.8. The first-order chi connectivity index (χ1) is 13.2. The Labute approximate surface area is 161 Å². The SMILES string of the molecule is CSc1cccc(-c2ccc(C3Nc4cc(C(=O)NO)ccc4O3)cc2)c1. The number of carbonyl (C=O) groups is 1. The molecule has 0 spiro atoms. The minimum absolute atomic E-state index is 0.320. The Morgan fingerprint density at radius 3 is 2.63 bits per heavy atom. The van der Waals surface area contributed by atoms with E-state index in [4.69, 9.17) is 9.94 Å². The smallest absolute Gasteiger partial charge is 0.274 e. The van der Waals surface area contributed by atoms with Crippen LogP contribution >= 0.6 is 11.8 Å². The van der Waals surface area contributed by atoms with Gasteiger partial charge in [-0.1, -0.05) is 36.4 Å². The highest BCUT2D eigenvalue weighted by Crippen LogP contribution is 2.38. The Morgan fingerprint density at radius 2 is 1.89 bits per heavy atom. The largest absolute Gasteiger partial charge is 0.464 e. The molecule has 4 rings (SSSR count). The third kappa shape index (κ3) is 3.49. The van der Waals surface area contributed by atoms with E-state index in [1.165, 1.54) is 10.5 Å². The highest BCUT2D eigenvalue weighted by Gasteiger charge is 2.24. The highest BCUT2D eigenvalue weighted by atomic mass is 32.2. The lowest BCUT2D eigenvalue weighted by molar-refractivity contribution is 0.0706. The van der Waals surface area contributed by atoms with Crippen LogP contribution in [0.4, 0.5) is 5.69 Å². The second-order valence-electron chi connectivity index (χ2n) is 6.15. The summed E-state index contributed by atoms with van der Waals surface area (Å²) in [6.45, 7) is 0. The molecular formula is C21H18N2O3S. The third-order valence-electron chi connectivity index (χ3n) is 4.49. The van der Waals surface area contributed by atoms with Gasteiger partial charge in [-0.3, -0.25) is 10.0 Å². The second kappa shape index (κ2) is 7.34. The third-order valence-corrected chi connectivity index (χ3v) is 5.22. The van der Waals surface area contributed by atoms with E-state index in [-0.39, 0.29) is 6.23 Å². The van der Waals surface area contributed by atoms with Crippen molar-refractivity contribution in [3.05, 3.63) is 77.9 Å². The minimum atomic E-state index is -0.556. The maximum atomic E-state index is 11.6. The predicted molar refractivity (Wildman–Crippen MR) is 106 cm³/mol. The molecule has 0 aliphatic carbocycles. The molecule has 1 unspecified atom stereocenters. The standard InChI is InChI=1S/C21H18N2O3S/c1-27-17-4-2-3-15(11-17)13-5-7-14(8-6-13)21-22-18-12-16(20(24)23-25)9-10-19(18)26-21/h2-12,21-22,25H,1H3,(H,23,24). The number of anilines is 1. The normalized spacial score (nSPS) is 14.8. The summed E-state index contributed by atoms with van der Waals surface area (Å²) in [5, 5.41) is 12.0. The van der Waals surface area contributed by atoms with Gasteiger partial charge < -0.3 is 10.1 Å². The van der Waals surface area contributed by atoms with Crippen LogP contribution in [-0.2, 0) is 0 Å². The van der Waals surface area contributed by atoms with E-state index >= 15 is 0 Å². The van der Waals surface area contributed by atoms with Gasteiger partial charge in [0.2, 0.25) is 0 Å². The molecule has 6 heteroatoms. The van der Waals surface area contributed by atoms with Gasteiger partial charge in [-0.25, -0.2) is 5.48 Å². The number of hydroxylamine groups is 1. The van der Waals surface area contributed by atoms with Gasteiger partial charge in [0.1, 0.15) is 5.75 Å². The average molecular weight is 378 g/mol. The molecule has 3 N–H and O–H groups in total. The monoisotopic (exact) mass is 378 g/mol. The Kier molecular flexibility index (Phi) is 4.75. The lowest BCUT2D eigenvalue weighted by Gasteiger charge is -2.12. The Balaban J connectivity index is 1.53. The zero-order valence-electron chi connectivity index (χ0n) is 14.6. The van der Waals surface area contributed by atoms with Gasteiger partial charge in [-0.05, 0) is 47.7 Å². The quantitative estimate of drug-likeness (QED) is 0.349. The van der Waals surface area contributed by atoms with E-state index in [2.05, 4.69) is 48.0 Å². The van der Waals surface area contributed by atoms with Crippen LogP contribution in [0.3, 0.4) is 0 Å². The van der Waals surface area contributed by atoms with E-state index in [1.807, 2.05) is 12.1 Å². The Hall–Kier alpha value is -2.96. The Morgan fingerprint density at radius 1 is 1.07 bits per heavy atom. The molecule has 0 fully saturated rings. The molecule has 0 saturated heterocycles. The van der Waals surface area contributed by atoms with Gasteiger partial charge in [0, 0.05) is 16.0 Å². The molecule has 1 aliphatic heterocycles. The summed E-state index contributed by atoms with van der Waals surface area (Å²) in [5.41, 5.74) is 6.03. The van der Waals surface area contributed by atoms with Crippen molar-refractivity contribution in [2.75, 3.05) is 11.6 Å². The number of hydrogen-bond acceptors (Lipinski definition) is 5. The summed E-state index contributed by atoms with van der Waals surface area (Å²) in [7, 11) is 0. The van der Waals surface area contributed by atoms with Crippen molar-refractivity contribution in [2.24, 2.45) is 0 Å². The molecule has 0 aromatic heterocycles. The zero-order valence-corrected chi connectivity index (χ0v) is 15.4. The van der Waals surface area contributed by atoms with Crippen LogP contribution in [0.15, 0.2) is 71.6 Å². The van der Waals surface area contributed by atoms with E-state index in [0.717, 1.165) is 16.8 Å². The topological polar surface area (TPSA) is 70.6 Å². The predicted octanol–water partition coefficient (Wildman–Crippen LogP) is 4.70. The van der Waals surface area contributed by atoms with Crippen molar-refractivity contribution < 1.29 is 14.7 Å². The number of amides is 1. The minimum Gasteiger partial charge on any atom is -0.464 e. The maximum Gasteiger partial charge on any atom is 0.274 e. The summed E-state index contributed by atoms with van der Waals surface area (Å²) in [4.78, 5) is 12.8. The van der Waals surface area contributed by atoms with E-state index in [1.54, 1.807) is 35.4 Å². The number of fused-ring (bicyclic) bond motifs is 1. The first-order valence-corrected chi connectivity index (χ1v) is 9.66. The molecule has 27 heavy (non-hydrogen) atoms. The molecule has 5 nitrogen and oxygen atoms in total. The van der Waals surface area contributed by atoms with Crippen LogP contribution < -0.4 is 15.5 Å². The van der Waals surface area contributed by atoms with Gasteiger partial charge in [-0.15, -0.1) is 11.8 Å². The van der Waals surface area contributed by atoms with Crippen LogP contribution in [0, 0.1) is 0 Å². The van der Waals surface area contributed by atoms with Crippen LogP contribution in [0.2, 0.25) is 0 Å². The fourth-order valence-corrected chi connectivity index (χ4v) is 3.51. The van der Waals surface area contributed by atoms with Crippen molar-refractivity contribution in [3.8, 4) is 16.9 Å². The molecule has 3 aromatic carbocycles. The van der Waals surface area contributed by atoms with Gasteiger partial charge in [0.25, 0.3) is 5.91 Å². The van der Waals surface area contributed by atoms with Crippen LogP contribution in [-0.4, -0.2) is 17.4 Å². The molecule has 0 saturated carbocycles. The number of thioether (sulfide) groups is 1. The van der Waals surface area contributed by atoms with Gasteiger partial charge in [0.15, 0.2) is 6.23 Å². The fourth-order valence-electron chi connectivity index (χ4n) is 3.05. The fraction of sp³-hybridized carbons (Fsp3) is 0.0952. The molecule has 1 atom stereocenters. The molecule has 0 bridgehead atoms. The lowest BCUT2D eigenvalue weighted by Crippen LogP contribution is -2.18. The van der Waals surface area contributed by atoms with E-state index in [9.17, 15) is 4.79 Å². The summed E-state index contributed by atoms with van der Waals surface area (Å²) < 4.78 is 5.93. The van der Waals surface area contributed by atoms with Crippen LogP contribution in [0.1, 0.15) is 22.1 Å². The molecule has 136 valence electrons. The number of ether oxygens (including phenoxy) is 1. The number of carbonyl (C=O) groups excluding carboxylic acids is 1. The number of benzene rings is 3. The van der Waals surface area contributed by atoms with E-state index in [0.29, 0.717) is 11.3 Å². The van der Waals surface area contributed by atoms with Crippen molar-refractivity contribution in [2.45, 2.75) is 11.1 Å². The number of hydrogen-bond donors (Lipinski definition) is 3. The van der Waals surface area contributed by atoms with E-state index < -0.39 is 5.91 Å². The highest BCUT2D eigenvalue weighted by molar-refractivity contribution is 7.98. The molecule has 0 radical (unpaired) electrons. The Bertz CT molecular complexity index is 989. The van der Waals surface area contributed by atoms with Crippen molar-refractivity contribution in [1.82, 2.24) is 5.48 Å². The van der Waals surface area contributed by atoms with Crippen molar-refractivity contribution >= 4 is 23.4 Å². The summed E-state index contributed by atoms with van der Waals surface area (Å²) in [6.07, 6.45) is 1.75. The molecule has 1 amide bonds. The first kappa shape index (κ1) is 17.5. The lowest BCUT2D eigenvalue weighted by atomic mass is 10.0. The summed E-state index contributed by atoms with van der Waals surface area (Å²) >= 11 is 1.72. The first-order valence-electron chi connectivity index (χ1n) is 8.44. The molecule has 1 heterocycles. The average Bonchev–Trinajstić information content (AvgIpc) is 3.16. The summed E-state index contributed by atoms with van der Waals surface area (Å²) in [6, 6.07) is 21.6. The molecule has 1 aliphatic rings. The molecule has 3 aromatic rings. The second-order valence-corrected chi connectivity index (χ2v) is 7.03. The van der Waals surface area contributed by atoms with Crippen LogP contribution in [0.5, 0.6) is 5.75 Å². The van der Waals surface area contributed by atoms with Crippen molar-refractivity contribution in [3.63, 3.8) is 0 Å². The van der Waals surface area contributed by atoms with Gasteiger partial charge >= 0.3 is 0 Å². The summed E-state index contributed by atoms with van der Waals surface area (Å²) in [5.74, 6) is 0.117. The van der Waals surface area contributed by atoms with Gasteiger partial charge in [0.05, 0.1) is 5.69 Å². The van der Waals surface area contributed by atoms with Crippen LogP contribution in [0.25, 0.3) is 11.1 Å². The maximum absolute atomic E-state index is 11.6. The van der Waals surface area contributed by atoms with Gasteiger partial charge in [-0.2, -0.15) is 0 Å².